The number of rotatable bonds is 4. The molecule has 1 aromatic carbocycles. The maximum Gasteiger partial charge on any atom is 0.224 e. The highest BCUT2D eigenvalue weighted by Gasteiger charge is 2.34. The fourth-order valence-electron chi connectivity index (χ4n) is 4.20. The van der Waals surface area contributed by atoms with Crippen molar-refractivity contribution in [2.45, 2.75) is 44.2 Å². The molecular formula is C19H24N4O. The maximum absolute atomic E-state index is 12.4. The van der Waals surface area contributed by atoms with E-state index in [-0.39, 0.29) is 5.91 Å². The van der Waals surface area contributed by atoms with Crippen LogP contribution < -0.4 is 10.6 Å². The molecule has 2 N–H and O–H groups in total. The Morgan fingerprint density at radius 3 is 2.83 bits per heavy atom. The van der Waals surface area contributed by atoms with Crippen molar-refractivity contribution < 1.29 is 4.79 Å². The predicted octanol–water partition coefficient (Wildman–Crippen LogP) is 2.95. The number of hydrogen-bond donors (Lipinski definition) is 2. The number of benzene rings is 1. The van der Waals surface area contributed by atoms with Crippen molar-refractivity contribution in [2.24, 2.45) is 13.0 Å². The second-order valence-electron chi connectivity index (χ2n) is 7.17. The summed E-state index contributed by atoms with van der Waals surface area (Å²) in [4.78, 5) is 16.8. The van der Waals surface area contributed by atoms with Gasteiger partial charge in [-0.25, -0.2) is 4.98 Å². The van der Waals surface area contributed by atoms with Crippen molar-refractivity contribution >= 4 is 11.6 Å². The molecule has 2 aromatic rings. The third-order valence-corrected chi connectivity index (χ3v) is 5.27. The van der Waals surface area contributed by atoms with Crippen LogP contribution in [-0.2, 0) is 11.8 Å². The van der Waals surface area contributed by atoms with Crippen LogP contribution in [0.15, 0.2) is 36.7 Å². The zero-order chi connectivity index (χ0) is 16.5. The van der Waals surface area contributed by atoms with Crippen LogP contribution in [0.2, 0.25) is 0 Å². The lowest BCUT2D eigenvalue weighted by atomic mass is 9.89. The lowest BCUT2D eigenvalue weighted by molar-refractivity contribution is -0.117. The number of anilines is 1. The van der Waals surface area contributed by atoms with Crippen molar-refractivity contribution in [1.29, 1.82) is 0 Å². The van der Waals surface area contributed by atoms with Gasteiger partial charge in [-0.05, 0) is 43.7 Å². The van der Waals surface area contributed by atoms with Crippen LogP contribution >= 0.6 is 0 Å². The highest BCUT2D eigenvalue weighted by atomic mass is 16.1. The van der Waals surface area contributed by atoms with Crippen LogP contribution in [0.4, 0.5) is 5.69 Å². The number of carbonyl (C=O) groups is 1. The first-order chi connectivity index (χ1) is 11.7. The quantitative estimate of drug-likeness (QED) is 0.909. The lowest BCUT2D eigenvalue weighted by Crippen LogP contribution is -2.39. The molecule has 1 aromatic heterocycles. The minimum Gasteiger partial charge on any atom is -0.334 e. The van der Waals surface area contributed by atoms with Gasteiger partial charge in [-0.2, -0.15) is 0 Å². The van der Waals surface area contributed by atoms with E-state index in [2.05, 4.69) is 15.6 Å². The molecule has 2 aliphatic heterocycles. The van der Waals surface area contributed by atoms with Gasteiger partial charge in [0.05, 0.1) is 0 Å². The molecule has 2 fully saturated rings. The van der Waals surface area contributed by atoms with E-state index < -0.39 is 0 Å². The average Bonchev–Trinajstić information content (AvgIpc) is 3.13. The number of carbonyl (C=O) groups excluding carboxylic acids is 1. The highest BCUT2D eigenvalue weighted by Crippen LogP contribution is 2.33. The summed E-state index contributed by atoms with van der Waals surface area (Å²) in [5.74, 6) is 1.54. The normalized spacial score (nSPS) is 25.6. The number of aromatic nitrogens is 2. The largest absolute Gasteiger partial charge is 0.334 e. The monoisotopic (exact) mass is 324 g/mol. The Morgan fingerprint density at radius 2 is 2.12 bits per heavy atom. The zero-order valence-corrected chi connectivity index (χ0v) is 14.0. The molecule has 2 bridgehead atoms. The van der Waals surface area contributed by atoms with Crippen LogP contribution in [0.5, 0.6) is 0 Å². The summed E-state index contributed by atoms with van der Waals surface area (Å²) in [6.45, 7) is 0. The van der Waals surface area contributed by atoms with Crippen molar-refractivity contribution in [2.75, 3.05) is 5.32 Å². The predicted molar refractivity (Wildman–Crippen MR) is 94.6 cm³/mol. The Bertz CT molecular complexity index is 726. The van der Waals surface area contributed by atoms with Gasteiger partial charge in [0.15, 0.2) is 0 Å². The molecule has 2 unspecified atom stereocenters. The van der Waals surface area contributed by atoms with Crippen LogP contribution in [0.25, 0.3) is 11.4 Å². The van der Waals surface area contributed by atoms with Gasteiger partial charge in [0.2, 0.25) is 5.91 Å². The van der Waals surface area contributed by atoms with Gasteiger partial charge in [-0.15, -0.1) is 0 Å². The lowest BCUT2D eigenvalue weighted by Gasteiger charge is -2.28. The molecule has 0 radical (unpaired) electrons. The van der Waals surface area contributed by atoms with E-state index in [0.717, 1.165) is 29.9 Å². The van der Waals surface area contributed by atoms with E-state index in [4.69, 9.17) is 0 Å². The van der Waals surface area contributed by atoms with E-state index in [1.807, 2.05) is 42.1 Å². The number of fused-ring (bicyclic) bond motifs is 2. The molecule has 0 spiro atoms. The van der Waals surface area contributed by atoms with Gasteiger partial charge in [-0.1, -0.05) is 12.1 Å². The molecule has 5 heteroatoms. The minimum absolute atomic E-state index is 0.123. The van der Waals surface area contributed by atoms with E-state index in [1.165, 1.54) is 12.8 Å². The standard InChI is InChI=1S/C19H24N4O/c1-23-8-7-20-19(23)14-3-2-4-15(12-14)22-18(24)11-13-9-16-5-6-17(10-13)21-16/h2-4,7-8,12-13,16-17,21H,5-6,9-11H2,1H3,(H,22,24). The molecule has 24 heavy (non-hydrogen) atoms. The molecule has 2 saturated heterocycles. The number of nitrogens with zero attached hydrogens (tertiary/aromatic N) is 2. The molecule has 0 saturated carbocycles. The number of aryl methyl sites for hydroxylation is 1. The summed E-state index contributed by atoms with van der Waals surface area (Å²) < 4.78 is 1.98. The summed E-state index contributed by atoms with van der Waals surface area (Å²) in [6, 6.07) is 9.18. The summed E-state index contributed by atoms with van der Waals surface area (Å²) in [5, 5.41) is 6.70. The molecule has 0 aliphatic carbocycles. The highest BCUT2D eigenvalue weighted by molar-refractivity contribution is 5.91. The Labute approximate surface area is 142 Å². The van der Waals surface area contributed by atoms with Gasteiger partial charge < -0.3 is 15.2 Å². The summed E-state index contributed by atoms with van der Waals surface area (Å²) in [7, 11) is 1.97. The van der Waals surface area contributed by atoms with Gasteiger partial charge in [-0.3, -0.25) is 4.79 Å². The molecular weight excluding hydrogens is 300 g/mol. The van der Waals surface area contributed by atoms with E-state index >= 15 is 0 Å². The van der Waals surface area contributed by atoms with Crippen LogP contribution in [0.1, 0.15) is 32.1 Å². The van der Waals surface area contributed by atoms with Crippen LogP contribution in [-0.4, -0.2) is 27.5 Å². The fraction of sp³-hybridized carbons (Fsp3) is 0.474. The first-order valence-electron chi connectivity index (χ1n) is 8.81. The van der Waals surface area contributed by atoms with Gasteiger partial charge >= 0.3 is 0 Å². The van der Waals surface area contributed by atoms with Gasteiger partial charge in [0, 0.05) is 49.2 Å². The average molecular weight is 324 g/mol. The second kappa shape index (κ2) is 6.40. The van der Waals surface area contributed by atoms with Crippen LogP contribution in [0.3, 0.4) is 0 Å². The third kappa shape index (κ3) is 3.22. The van der Waals surface area contributed by atoms with Gasteiger partial charge in [0.1, 0.15) is 5.82 Å². The molecule has 2 atom stereocenters. The first-order valence-corrected chi connectivity index (χ1v) is 8.81. The number of amides is 1. The summed E-state index contributed by atoms with van der Waals surface area (Å²) in [6.07, 6.45) is 9.15. The third-order valence-electron chi connectivity index (χ3n) is 5.27. The molecule has 2 aliphatic rings. The topological polar surface area (TPSA) is 59.0 Å². The van der Waals surface area contributed by atoms with E-state index in [1.54, 1.807) is 6.20 Å². The summed E-state index contributed by atoms with van der Waals surface area (Å²) in [5.41, 5.74) is 1.86. The number of nitrogens with one attached hydrogen (secondary N) is 2. The molecule has 5 nitrogen and oxygen atoms in total. The number of imidazole rings is 1. The summed E-state index contributed by atoms with van der Waals surface area (Å²) >= 11 is 0. The second-order valence-corrected chi connectivity index (χ2v) is 7.17. The number of piperidine rings is 1. The molecule has 3 heterocycles. The van der Waals surface area contributed by atoms with E-state index in [0.29, 0.717) is 24.4 Å². The SMILES string of the molecule is Cn1ccnc1-c1cccc(NC(=O)CC2CC3CCC(C2)N3)c1. The van der Waals surface area contributed by atoms with E-state index in [9.17, 15) is 4.79 Å². The smallest absolute Gasteiger partial charge is 0.224 e. The Kier molecular flexibility index (Phi) is 4.10. The van der Waals surface area contributed by atoms with Gasteiger partial charge in [0.25, 0.3) is 0 Å². The van der Waals surface area contributed by atoms with Crippen molar-refractivity contribution in [3.8, 4) is 11.4 Å². The maximum atomic E-state index is 12.4. The first kappa shape index (κ1) is 15.4. The fourth-order valence-corrected chi connectivity index (χ4v) is 4.20. The molecule has 126 valence electrons. The molecule has 4 rings (SSSR count). The Morgan fingerprint density at radius 1 is 1.33 bits per heavy atom. The van der Waals surface area contributed by atoms with Crippen molar-refractivity contribution in [3.63, 3.8) is 0 Å². The van der Waals surface area contributed by atoms with Crippen LogP contribution in [0, 0.1) is 5.92 Å². The molecule has 1 amide bonds. The minimum atomic E-state index is 0.123. The number of hydrogen-bond acceptors (Lipinski definition) is 3. The Balaban J connectivity index is 1.40. The Hall–Kier alpha value is -2.14. The van der Waals surface area contributed by atoms with Crippen molar-refractivity contribution in [1.82, 2.24) is 14.9 Å². The van der Waals surface area contributed by atoms with Crippen molar-refractivity contribution in [3.05, 3.63) is 36.7 Å². The zero-order valence-electron chi connectivity index (χ0n) is 14.0.